The van der Waals surface area contributed by atoms with Crippen LogP contribution in [-0.2, 0) is 0 Å². The molecule has 1 fully saturated rings. The summed E-state index contributed by atoms with van der Waals surface area (Å²) in [7, 11) is 2.05. The number of likely N-dealkylation sites (tertiary alicyclic amines) is 1. The van der Waals surface area contributed by atoms with Crippen LogP contribution < -0.4 is 4.74 Å². The van der Waals surface area contributed by atoms with E-state index in [0.29, 0.717) is 5.75 Å². The smallest absolute Gasteiger partial charge is 0.269 e. The number of hydrogen-bond acceptors (Lipinski definition) is 4. The molecule has 1 saturated heterocycles. The minimum atomic E-state index is -0.410. The van der Waals surface area contributed by atoms with Gasteiger partial charge in [0.1, 0.15) is 11.9 Å². The van der Waals surface area contributed by atoms with Crippen LogP contribution >= 0.6 is 0 Å². The predicted octanol–water partition coefficient (Wildman–Crippen LogP) is 1.68. The Bertz CT molecular complexity index is 377. The number of benzene rings is 1. The lowest BCUT2D eigenvalue weighted by atomic mass is 10.3. The molecule has 1 aliphatic heterocycles. The molecular weight excluding hydrogens is 208 g/mol. The van der Waals surface area contributed by atoms with Crippen molar-refractivity contribution in [1.82, 2.24) is 4.90 Å². The summed E-state index contributed by atoms with van der Waals surface area (Å²) in [5.41, 5.74) is 0.0934. The van der Waals surface area contributed by atoms with Crippen molar-refractivity contribution in [3.05, 3.63) is 34.4 Å². The lowest BCUT2D eigenvalue weighted by Gasteiger charge is -2.13. The number of non-ortho nitro benzene ring substituents is 1. The van der Waals surface area contributed by atoms with E-state index in [-0.39, 0.29) is 11.8 Å². The molecule has 0 spiro atoms. The summed E-state index contributed by atoms with van der Waals surface area (Å²) in [6.07, 6.45) is 1.21. The third-order valence-electron chi connectivity index (χ3n) is 2.70. The first-order chi connectivity index (χ1) is 7.65. The number of nitrogens with zero attached hydrogens (tertiary/aromatic N) is 2. The Hall–Kier alpha value is -1.62. The second-order valence-corrected chi connectivity index (χ2v) is 4.04. The van der Waals surface area contributed by atoms with Gasteiger partial charge in [0, 0.05) is 25.2 Å². The Balaban J connectivity index is 1.97. The van der Waals surface area contributed by atoms with Gasteiger partial charge in [0.2, 0.25) is 0 Å². The highest BCUT2D eigenvalue weighted by Gasteiger charge is 2.20. The van der Waals surface area contributed by atoms with Crippen LogP contribution in [0.5, 0.6) is 5.75 Å². The minimum Gasteiger partial charge on any atom is -0.489 e. The average Bonchev–Trinajstić information content (AvgIpc) is 2.65. The molecule has 0 bridgehead atoms. The molecule has 16 heavy (non-hydrogen) atoms. The number of nitro groups is 1. The highest BCUT2D eigenvalue weighted by molar-refractivity contribution is 5.36. The van der Waals surface area contributed by atoms with Crippen LogP contribution in [0.4, 0.5) is 5.69 Å². The lowest BCUT2D eigenvalue weighted by Crippen LogP contribution is -2.21. The Morgan fingerprint density at radius 3 is 2.62 bits per heavy atom. The van der Waals surface area contributed by atoms with E-state index >= 15 is 0 Å². The van der Waals surface area contributed by atoms with Crippen LogP contribution in [0.3, 0.4) is 0 Å². The van der Waals surface area contributed by atoms with Gasteiger partial charge in [-0.3, -0.25) is 10.1 Å². The van der Waals surface area contributed by atoms with Crippen LogP contribution in [0.25, 0.3) is 0 Å². The Morgan fingerprint density at radius 1 is 1.44 bits per heavy atom. The number of ether oxygens (including phenoxy) is 1. The van der Waals surface area contributed by atoms with E-state index in [1.54, 1.807) is 12.1 Å². The van der Waals surface area contributed by atoms with Crippen molar-refractivity contribution in [1.29, 1.82) is 0 Å². The van der Waals surface area contributed by atoms with Gasteiger partial charge in [0.15, 0.2) is 0 Å². The first-order valence-electron chi connectivity index (χ1n) is 5.25. The zero-order chi connectivity index (χ0) is 11.5. The van der Waals surface area contributed by atoms with Crippen molar-refractivity contribution in [3.8, 4) is 5.75 Å². The molecule has 0 N–H and O–H groups in total. The molecule has 1 heterocycles. The summed E-state index contributed by atoms with van der Waals surface area (Å²) < 4.78 is 5.72. The van der Waals surface area contributed by atoms with Crippen molar-refractivity contribution in [2.75, 3.05) is 20.1 Å². The molecule has 0 aromatic heterocycles. The summed E-state index contributed by atoms with van der Waals surface area (Å²) in [6, 6.07) is 6.23. The number of likely N-dealkylation sites (N-methyl/N-ethyl adjacent to an activating group) is 1. The second-order valence-electron chi connectivity index (χ2n) is 4.04. The van der Waals surface area contributed by atoms with E-state index in [9.17, 15) is 10.1 Å². The molecular formula is C11H14N2O3. The summed E-state index contributed by atoms with van der Waals surface area (Å²) >= 11 is 0. The molecule has 0 unspecified atom stereocenters. The Morgan fingerprint density at radius 2 is 2.12 bits per heavy atom. The van der Waals surface area contributed by atoms with Crippen molar-refractivity contribution in [2.24, 2.45) is 0 Å². The van der Waals surface area contributed by atoms with E-state index in [1.165, 1.54) is 12.1 Å². The minimum absolute atomic E-state index is 0.0934. The predicted molar refractivity (Wildman–Crippen MR) is 59.6 cm³/mol. The van der Waals surface area contributed by atoms with Crippen LogP contribution in [0, 0.1) is 10.1 Å². The SMILES string of the molecule is CN1CC[C@H](Oc2ccc([N+](=O)[O-])cc2)C1. The molecule has 1 aromatic carbocycles. The molecule has 0 radical (unpaired) electrons. The monoisotopic (exact) mass is 222 g/mol. The quantitative estimate of drug-likeness (QED) is 0.576. The fourth-order valence-corrected chi connectivity index (χ4v) is 1.83. The maximum Gasteiger partial charge on any atom is 0.269 e. The van der Waals surface area contributed by atoms with Gasteiger partial charge in [-0.15, -0.1) is 0 Å². The Labute approximate surface area is 93.8 Å². The van der Waals surface area contributed by atoms with Crippen molar-refractivity contribution in [2.45, 2.75) is 12.5 Å². The fraction of sp³-hybridized carbons (Fsp3) is 0.455. The third kappa shape index (κ3) is 2.49. The van der Waals surface area contributed by atoms with E-state index < -0.39 is 4.92 Å². The largest absolute Gasteiger partial charge is 0.489 e. The molecule has 1 aliphatic rings. The second kappa shape index (κ2) is 4.49. The summed E-state index contributed by atoms with van der Waals surface area (Å²) in [5.74, 6) is 0.700. The first kappa shape index (κ1) is 10.9. The van der Waals surface area contributed by atoms with E-state index in [1.807, 2.05) is 0 Å². The van der Waals surface area contributed by atoms with Gasteiger partial charge in [-0.25, -0.2) is 0 Å². The highest BCUT2D eigenvalue weighted by Crippen LogP contribution is 2.20. The average molecular weight is 222 g/mol. The molecule has 1 aromatic rings. The summed E-state index contributed by atoms with van der Waals surface area (Å²) in [4.78, 5) is 12.3. The highest BCUT2D eigenvalue weighted by atomic mass is 16.6. The van der Waals surface area contributed by atoms with Crippen LogP contribution in [0.2, 0.25) is 0 Å². The molecule has 1 atom stereocenters. The van der Waals surface area contributed by atoms with Gasteiger partial charge in [-0.2, -0.15) is 0 Å². The van der Waals surface area contributed by atoms with E-state index in [0.717, 1.165) is 19.5 Å². The van der Waals surface area contributed by atoms with Gasteiger partial charge in [0.25, 0.3) is 5.69 Å². The number of hydrogen-bond donors (Lipinski definition) is 0. The fourth-order valence-electron chi connectivity index (χ4n) is 1.83. The van der Waals surface area contributed by atoms with E-state index in [4.69, 9.17) is 4.74 Å². The van der Waals surface area contributed by atoms with Gasteiger partial charge in [0.05, 0.1) is 4.92 Å². The normalized spacial score (nSPS) is 20.9. The maximum absolute atomic E-state index is 10.5. The lowest BCUT2D eigenvalue weighted by molar-refractivity contribution is -0.384. The van der Waals surface area contributed by atoms with Crippen LogP contribution in [0.1, 0.15) is 6.42 Å². The molecule has 0 aliphatic carbocycles. The first-order valence-corrected chi connectivity index (χ1v) is 5.25. The van der Waals surface area contributed by atoms with Crippen LogP contribution in [-0.4, -0.2) is 36.1 Å². The van der Waals surface area contributed by atoms with Gasteiger partial charge in [-0.1, -0.05) is 0 Å². The maximum atomic E-state index is 10.5. The molecule has 5 heteroatoms. The van der Waals surface area contributed by atoms with Gasteiger partial charge < -0.3 is 9.64 Å². The van der Waals surface area contributed by atoms with Gasteiger partial charge >= 0.3 is 0 Å². The van der Waals surface area contributed by atoms with E-state index in [2.05, 4.69) is 11.9 Å². The summed E-state index contributed by atoms with van der Waals surface area (Å²) in [5, 5.41) is 10.5. The standard InChI is InChI=1S/C11H14N2O3/c1-12-7-6-11(8-12)16-10-4-2-9(3-5-10)13(14)15/h2-5,11H,6-8H2,1H3/t11-/m0/s1. The zero-order valence-corrected chi connectivity index (χ0v) is 9.13. The van der Waals surface area contributed by atoms with Gasteiger partial charge in [-0.05, 0) is 25.6 Å². The topological polar surface area (TPSA) is 55.6 Å². The molecule has 86 valence electrons. The van der Waals surface area contributed by atoms with Crippen molar-refractivity contribution in [3.63, 3.8) is 0 Å². The number of nitro benzene ring substituents is 1. The molecule has 5 nitrogen and oxygen atoms in total. The summed E-state index contributed by atoms with van der Waals surface area (Å²) in [6.45, 7) is 1.95. The van der Waals surface area contributed by atoms with Crippen molar-refractivity contribution >= 4 is 5.69 Å². The third-order valence-corrected chi connectivity index (χ3v) is 2.70. The Kier molecular flexibility index (Phi) is 3.05. The molecule has 2 rings (SSSR count). The molecule has 0 saturated carbocycles. The molecule has 0 amide bonds. The van der Waals surface area contributed by atoms with Crippen molar-refractivity contribution < 1.29 is 9.66 Å². The zero-order valence-electron chi connectivity index (χ0n) is 9.13. The van der Waals surface area contributed by atoms with Crippen LogP contribution in [0.15, 0.2) is 24.3 Å². The number of rotatable bonds is 3.